The molecule has 1 N–H and O–H groups in total. The fourth-order valence-corrected chi connectivity index (χ4v) is 3.85. The Labute approximate surface area is 141 Å². The molecule has 2 unspecified atom stereocenters. The summed E-state index contributed by atoms with van der Waals surface area (Å²) in [6.45, 7) is 0. The summed E-state index contributed by atoms with van der Waals surface area (Å²) < 4.78 is 15.8. The highest BCUT2D eigenvalue weighted by Crippen LogP contribution is 2.48. The molecule has 2 fully saturated rings. The highest BCUT2D eigenvalue weighted by Gasteiger charge is 2.45. The zero-order chi connectivity index (χ0) is 16.5. The van der Waals surface area contributed by atoms with Crippen molar-refractivity contribution in [2.24, 2.45) is 5.92 Å². The van der Waals surface area contributed by atoms with E-state index in [0.717, 1.165) is 18.7 Å². The fraction of sp³-hybridized carbons (Fsp3) is 0.474. The third-order valence-corrected chi connectivity index (χ3v) is 5.27. The van der Waals surface area contributed by atoms with Gasteiger partial charge >= 0.3 is 0 Å². The van der Waals surface area contributed by atoms with E-state index in [1.54, 1.807) is 18.3 Å². The van der Waals surface area contributed by atoms with E-state index in [-0.39, 0.29) is 23.6 Å². The van der Waals surface area contributed by atoms with Crippen molar-refractivity contribution in [1.29, 1.82) is 0 Å². The molecule has 2 aromatic rings. The number of halogens is 1. The number of nitrogens with one attached hydrogen (secondary N) is 1. The van der Waals surface area contributed by atoms with Crippen LogP contribution in [-0.2, 0) is 4.79 Å². The standard InChI is InChI=1S/C19H22FN3O/c20-17-9-5-4-8-14(17)15-12-16(15)19(24)22-18-10-11-21-23(18)13-6-2-1-3-7-13/h4-5,8-11,13,15-16H,1-3,6-7,12H2,(H,22,24). The first-order valence-electron chi connectivity index (χ1n) is 8.83. The lowest BCUT2D eigenvalue weighted by molar-refractivity contribution is -0.117. The summed E-state index contributed by atoms with van der Waals surface area (Å²) in [5.41, 5.74) is 0.651. The van der Waals surface area contributed by atoms with Crippen molar-refractivity contribution in [1.82, 2.24) is 9.78 Å². The van der Waals surface area contributed by atoms with E-state index in [0.29, 0.717) is 18.0 Å². The Morgan fingerprint density at radius 2 is 1.96 bits per heavy atom. The van der Waals surface area contributed by atoms with Crippen molar-refractivity contribution in [2.45, 2.75) is 50.5 Å². The monoisotopic (exact) mass is 327 g/mol. The highest BCUT2D eigenvalue weighted by atomic mass is 19.1. The van der Waals surface area contributed by atoms with Gasteiger partial charge < -0.3 is 5.32 Å². The lowest BCUT2D eigenvalue weighted by atomic mass is 9.96. The summed E-state index contributed by atoms with van der Waals surface area (Å²) in [6, 6.07) is 8.97. The average molecular weight is 327 g/mol. The van der Waals surface area contributed by atoms with Gasteiger partial charge in [-0.25, -0.2) is 9.07 Å². The lowest BCUT2D eigenvalue weighted by Gasteiger charge is -2.23. The molecule has 1 aromatic carbocycles. The van der Waals surface area contributed by atoms with Gasteiger partial charge in [-0.15, -0.1) is 0 Å². The van der Waals surface area contributed by atoms with Gasteiger partial charge in [-0.05, 0) is 36.8 Å². The molecule has 4 rings (SSSR count). The first-order valence-corrected chi connectivity index (χ1v) is 8.83. The zero-order valence-corrected chi connectivity index (χ0v) is 13.6. The van der Waals surface area contributed by atoms with Gasteiger partial charge in [0.2, 0.25) is 5.91 Å². The maximum atomic E-state index is 13.9. The number of benzene rings is 1. The minimum Gasteiger partial charge on any atom is -0.311 e. The molecule has 1 amide bonds. The van der Waals surface area contributed by atoms with Crippen LogP contribution in [0.15, 0.2) is 36.5 Å². The van der Waals surface area contributed by atoms with E-state index < -0.39 is 0 Å². The second kappa shape index (κ2) is 6.38. The summed E-state index contributed by atoms with van der Waals surface area (Å²) >= 11 is 0. The summed E-state index contributed by atoms with van der Waals surface area (Å²) in [4.78, 5) is 12.5. The maximum Gasteiger partial charge on any atom is 0.229 e. The molecule has 2 saturated carbocycles. The zero-order valence-electron chi connectivity index (χ0n) is 13.6. The molecule has 126 valence electrons. The van der Waals surface area contributed by atoms with Gasteiger partial charge in [-0.2, -0.15) is 5.10 Å². The largest absolute Gasteiger partial charge is 0.311 e. The Morgan fingerprint density at radius 3 is 2.75 bits per heavy atom. The molecule has 2 aliphatic rings. The van der Waals surface area contributed by atoms with Crippen molar-refractivity contribution >= 4 is 11.7 Å². The van der Waals surface area contributed by atoms with Crippen LogP contribution < -0.4 is 5.32 Å². The number of hydrogen-bond donors (Lipinski definition) is 1. The third kappa shape index (κ3) is 2.95. The van der Waals surface area contributed by atoms with Gasteiger partial charge in [0.15, 0.2) is 0 Å². The molecule has 1 aromatic heterocycles. The quantitative estimate of drug-likeness (QED) is 0.911. The van der Waals surface area contributed by atoms with Crippen LogP contribution in [0.4, 0.5) is 10.2 Å². The summed E-state index contributed by atoms with van der Waals surface area (Å²) in [7, 11) is 0. The maximum absolute atomic E-state index is 13.9. The molecule has 0 bridgehead atoms. The molecule has 5 heteroatoms. The Kier molecular flexibility index (Phi) is 4.08. The van der Waals surface area contributed by atoms with Gasteiger partial charge in [-0.1, -0.05) is 37.5 Å². The summed E-state index contributed by atoms with van der Waals surface area (Å²) in [6.07, 6.45) is 8.41. The minimum atomic E-state index is -0.218. The van der Waals surface area contributed by atoms with Crippen LogP contribution in [0.1, 0.15) is 56.0 Å². The number of amides is 1. The number of carbonyl (C=O) groups excluding carboxylic acids is 1. The Hall–Kier alpha value is -2.17. The van der Waals surface area contributed by atoms with Crippen molar-refractivity contribution < 1.29 is 9.18 Å². The molecule has 0 aliphatic heterocycles. The third-order valence-electron chi connectivity index (χ3n) is 5.27. The molecule has 0 saturated heterocycles. The van der Waals surface area contributed by atoms with Crippen LogP contribution in [0.2, 0.25) is 0 Å². The highest BCUT2D eigenvalue weighted by molar-refractivity contribution is 5.94. The van der Waals surface area contributed by atoms with E-state index in [4.69, 9.17) is 0 Å². The lowest BCUT2D eigenvalue weighted by Crippen LogP contribution is -2.21. The molecule has 0 spiro atoms. The van der Waals surface area contributed by atoms with Crippen LogP contribution in [0.25, 0.3) is 0 Å². The van der Waals surface area contributed by atoms with Crippen molar-refractivity contribution in [2.75, 3.05) is 5.32 Å². The average Bonchev–Trinajstić information content (AvgIpc) is 3.27. The van der Waals surface area contributed by atoms with Crippen LogP contribution in [0.5, 0.6) is 0 Å². The van der Waals surface area contributed by atoms with Crippen LogP contribution in [0, 0.1) is 11.7 Å². The molecule has 1 heterocycles. The molecular weight excluding hydrogens is 305 g/mol. The molecule has 24 heavy (non-hydrogen) atoms. The second-order valence-corrected chi connectivity index (χ2v) is 6.91. The van der Waals surface area contributed by atoms with E-state index in [1.807, 2.05) is 16.8 Å². The predicted molar refractivity (Wildman–Crippen MR) is 90.2 cm³/mol. The first-order chi connectivity index (χ1) is 11.7. The molecule has 4 nitrogen and oxygen atoms in total. The summed E-state index contributed by atoms with van der Waals surface area (Å²) in [5.74, 6) is 0.380. The number of anilines is 1. The van der Waals surface area contributed by atoms with Crippen LogP contribution in [0.3, 0.4) is 0 Å². The number of aromatic nitrogens is 2. The number of carbonyl (C=O) groups is 1. The second-order valence-electron chi connectivity index (χ2n) is 6.91. The SMILES string of the molecule is O=C(Nc1ccnn1C1CCCCC1)C1CC1c1ccccc1F. The van der Waals surface area contributed by atoms with E-state index in [1.165, 1.54) is 25.3 Å². The Morgan fingerprint density at radius 1 is 1.17 bits per heavy atom. The first kappa shape index (κ1) is 15.4. The number of hydrogen-bond acceptors (Lipinski definition) is 2. The molecule has 2 atom stereocenters. The summed E-state index contributed by atoms with van der Waals surface area (Å²) in [5, 5.41) is 7.41. The van der Waals surface area contributed by atoms with Crippen molar-refractivity contribution in [3.8, 4) is 0 Å². The minimum absolute atomic E-state index is 0.00254. The van der Waals surface area contributed by atoms with Gasteiger partial charge in [0.1, 0.15) is 11.6 Å². The van der Waals surface area contributed by atoms with E-state index in [2.05, 4.69) is 10.4 Å². The van der Waals surface area contributed by atoms with Gasteiger partial charge in [-0.3, -0.25) is 4.79 Å². The normalized spacial score (nSPS) is 23.9. The van der Waals surface area contributed by atoms with Gasteiger partial charge in [0.05, 0.1) is 12.2 Å². The number of rotatable bonds is 4. The van der Waals surface area contributed by atoms with Crippen molar-refractivity contribution in [3.63, 3.8) is 0 Å². The Bertz CT molecular complexity index is 736. The van der Waals surface area contributed by atoms with Crippen molar-refractivity contribution in [3.05, 3.63) is 47.9 Å². The van der Waals surface area contributed by atoms with Crippen LogP contribution >= 0.6 is 0 Å². The Balaban J connectivity index is 1.43. The topological polar surface area (TPSA) is 46.9 Å². The van der Waals surface area contributed by atoms with Crippen LogP contribution in [-0.4, -0.2) is 15.7 Å². The molecule has 0 radical (unpaired) electrons. The van der Waals surface area contributed by atoms with Gasteiger partial charge in [0, 0.05) is 12.0 Å². The molecular formula is C19H22FN3O. The smallest absolute Gasteiger partial charge is 0.229 e. The predicted octanol–water partition coefficient (Wildman–Crippen LogP) is 4.27. The number of nitrogens with zero attached hydrogens (tertiary/aromatic N) is 2. The fourth-order valence-electron chi connectivity index (χ4n) is 3.85. The van der Waals surface area contributed by atoms with Gasteiger partial charge in [0.25, 0.3) is 0 Å². The van der Waals surface area contributed by atoms with E-state index in [9.17, 15) is 9.18 Å². The molecule has 2 aliphatic carbocycles. The van der Waals surface area contributed by atoms with E-state index >= 15 is 0 Å².